The molecule has 0 radical (unpaired) electrons. The number of nitrogens with zero attached hydrogens (tertiary/aromatic N) is 7. The van der Waals surface area contributed by atoms with Gasteiger partial charge < -0.3 is 50.7 Å². The average Bonchev–Trinajstić information content (AvgIpc) is 1.73. The Morgan fingerprint density at radius 1 is 0.624 bits per heavy atom. The van der Waals surface area contributed by atoms with Gasteiger partial charge in [-0.25, -0.2) is 0 Å². The summed E-state index contributed by atoms with van der Waals surface area (Å²) in [5, 5.41) is 10.4. The molecular formula is C65H102ClF6N11O10. The minimum atomic E-state index is -4.51. The molecule has 21 nitrogen and oxygen atoms in total. The lowest BCUT2D eigenvalue weighted by Crippen LogP contribution is -2.64. The van der Waals surface area contributed by atoms with Gasteiger partial charge in [0.25, 0.3) is 0 Å². The topological polar surface area (TPSA) is 242 Å². The van der Waals surface area contributed by atoms with Crippen molar-refractivity contribution in [2.24, 2.45) is 35.5 Å². The molecule has 526 valence electrons. The highest BCUT2D eigenvalue weighted by Crippen LogP contribution is 2.45. The Balaban J connectivity index is 1.20. The Labute approximate surface area is 548 Å². The fourth-order valence-corrected chi connectivity index (χ4v) is 16.1. The van der Waals surface area contributed by atoms with Crippen LogP contribution in [0.1, 0.15) is 175 Å². The van der Waals surface area contributed by atoms with E-state index in [1.807, 2.05) is 6.92 Å². The van der Waals surface area contributed by atoms with Gasteiger partial charge in [0.05, 0.1) is 31.0 Å². The first-order valence-electron chi connectivity index (χ1n) is 34.0. The molecule has 1 spiro atoms. The molecule has 7 aliphatic rings. The van der Waals surface area contributed by atoms with Crippen LogP contribution < -0.4 is 21.3 Å². The molecule has 3 heterocycles. The second-order valence-corrected chi connectivity index (χ2v) is 29.0. The van der Waals surface area contributed by atoms with Crippen molar-refractivity contribution in [1.82, 2.24) is 55.6 Å². The number of hydrogen-bond acceptors (Lipinski definition) is 11. The van der Waals surface area contributed by atoms with Crippen molar-refractivity contribution < 1.29 is 74.3 Å². The SMILES string of the molecule is CC[C@H](C)[C@@H]1NC(=O)[C@H](C)N(C)C(=O)C[C@@H](C)NC(=O)[C@H](C2CCCC2)N(C)C(=O)C2(CCCC2)NC(=O)[C@@H]2CCCN2C(=O)[C@H](CCC2CCC(C(F)(F)F)C(Cl)C2)NC(=O)CN(C)C(=O)[C@H](CC2CCC(C(F)(F)F)CC2)N(C)C[C@@H]2CCN2C(=O)CN(C)C1=O. The molecule has 3 unspecified atom stereocenters. The second kappa shape index (κ2) is 32.1. The third-order valence-electron chi connectivity index (χ3n) is 21.9. The third-order valence-corrected chi connectivity index (χ3v) is 22.4. The zero-order valence-corrected chi connectivity index (χ0v) is 56.6. The Kier molecular flexibility index (Phi) is 25.8. The monoisotopic (exact) mass is 1350 g/mol. The molecule has 7 fully saturated rings. The van der Waals surface area contributed by atoms with E-state index in [2.05, 4.69) is 21.3 Å². The van der Waals surface area contributed by atoms with E-state index in [4.69, 9.17) is 11.6 Å². The molecule has 0 aromatic heterocycles. The predicted octanol–water partition coefficient (Wildman–Crippen LogP) is 6.14. The summed E-state index contributed by atoms with van der Waals surface area (Å²) in [7, 11) is 7.46. The van der Waals surface area contributed by atoms with Gasteiger partial charge >= 0.3 is 12.4 Å². The number of halogens is 7. The van der Waals surface area contributed by atoms with E-state index >= 15 is 9.59 Å². The maximum atomic E-state index is 15.2. The van der Waals surface area contributed by atoms with Crippen molar-refractivity contribution in [3.8, 4) is 0 Å². The first-order chi connectivity index (χ1) is 43.7. The molecule has 93 heavy (non-hydrogen) atoms. The van der Waals surface area contributed by atoms with Crippen molar-refractivity contribution in [2.75, 3.05) is 68.0 Å². The van der Waals surface area contributed by atoms with Crippen molar-refractivity contribution in [1.29, 1.82) is 0 Å². The number of likely N-dealkylation sites (N-methyl/N-ethyl adjacent to an activating group) is 5. The molecule has 4 aliphatic carbocycles. The number of amides is 10. The third kappa shape index (κ3) is 18.6. The lowest BCUT2D eigenvalue weighted by molar-refractivity contribution is -0.184. The summed E-state index contributed by atoms with van der Waals surface area (Å²) in [5.41, 5.74) is -1.48. The highest BCUT2D eigenvalue weighted by Gasteiger charge is 2.52. The van der Waals surface area contributed by atoms with Crippen LogP contribution in [0.25, 0.3) is 0 Å². The van der Waals surface area contributed by atoms with Crippen LogP contribution in [0.5, 0.6) is 0 Å². The van der Waals surface area contributed by atoms with E-state index in [9.17, 15) is 64.7 Å². The minimum Gasteiger partial charge on any atom is -0.351 e. The Morgan fingerprint density at radius 2 is 1.26 bits per heavy atom. The van der Waals surface area contributed by atoms with Crippen molar-refractivity contribution in [2.45, 2.75) is 247 Å². The first kappa shape index (κ1) is 74.9. The molecule has 0 bridgehead atoms. The molecular weight excluding hydrogens is 1240 g/mol. The van der Waals surface area contributed by atoms with Gasteiger partial charge in [-0.05, 0) is 154 Å². The van der Waals surface area contributed by atoms with Crippen molar-refractivity contribution in [3.63, 3.8) is 0 Å². The van der Waals surface area contributed by atoms with Crippen LogP contribution in [0.4, 0.5) is 26.3 Å². The predicted molar refractivity (Wildman–Crippen MR) is 334 cm³/mol. The van der Waals surface area contributed by atoms with E-state index in [-0.39, 0.29) is 127 Å². The van der Waals surface area contributed by atoms with E-state index in [1.165, 1.54) is 54.7 Å². The number of fused-ring (bicyclic) bond motifs is 2. The number of alkyl halides is 7. The van der Waals surface area contributed by atoms with Gasteiger partial charge in [-0.15, -0.1) is 11.6 Å². The summed E-state index contributed by atoms with van der Waals surface area (Å²) in [6.07, 6.45) is -2.98. The van der Waals surface area contributed by atoms with Gasteiger partial charge in [-0.2, -0.15) is 26.3 Å². The number of nitrogens with one attached hydrogen (secondary N) is 4. The molecule has 10 amide bonds. The van der Waals surface area contributed by atoms with Crippen LogP contribution in [0, 0.1) is 35.5 Å². The zero-order valence-electron chi connectivity index (χ0n) is 55.8. The minimum absolute atomic E-state index is 0.00795. The smallest absolute Gasteiger partial charge is 0.351 e. The molecule has 28 heteroatoms. The lowest BCUT2D eigenvalue weighted by atomic mass is 9.78. The largest absolute Gasteiger partial charge is 0.393 e. The second-order valence-electron chi connectivity index (χ2n) is 28.4. The number of carbonyl (C=O) groups excluding carboxylic acids is 10. The van der Waals surface area contributed by atoms with E-state index < -0.39 is 155 Å². The summed E-state index contributed by atoms with van der Waals surface area (Å²) >= 11 is 6.37. The van der Waals surface area contributed by atoms with Gasteiger partial charge in [0.2, 0.25) is 59.1 Å². The van der Waals surface area contributed by atoms with Crippen LogP contribution in [-0.2, 0) is 47.9 Å². The quantitative estimate of drug-likeness (QED) is 0.159. The number of hydrogen-bond donors (Lipinski definition) is 4. The fourth-order valence-electron chi connectivity index (χ4n) is 15.6. The molecule has 3 aliphatic heterocycles. The summed E-state index contributed by atoms with van der Waals surface area (Å²) in [6, 6.07) is -7.91. The normalized spacial score (nSPS) is 33.2. The van der Waals surface area contributed by atoms with Crippen LogP contribution in [-0.4, -0.2) is 233 Å². The van der Waals surface area contributed by atoms with E-state index in [0.29, 0.717) is 51.5 Å². The number of carbonyl (C=O) groups is 10. The van der Waals surface area contributed by atoms with Gasteiger partial charge in [-0.1, -0.05) is 46.0 Å². The average molecular weight is 1350 g/mol. The highest BCUT2D eigenvalue weighted by molar-refractivity contribution is 6.20. The molecule has 12 atom stereocenters. The molecule has 0 aromatic rings. The highest BCUT2D eigenvalue weighted by atomic mass is 35.5. The van der Waals surface area contributed by atoms with Crippen LogP contribution >= 0.6 is 11.6 Å². The molecule has 4 saturated carbocycles. The number of rotatable bonds is 8. The first-order valence-corrected chi connectivity index (χ1v) is 34.4. The van der Waals surface area contributed by atoms with E-state index in [0.717, 1.165) is 17.7 Å². The van der Waals surface area contributed by atoms with Crippen LogP contribution in [0.3, 0.4) is 0 Å². The van der Waals surface area contributed by atoms with Crippen LogP contribution in [0.2, 0.25) is 0 Å². The van der Waals surface area contributed by atoms with E-state index in [1.54, 1.807) is 30.7 Å². The van der Waals surface area contributed by atoms with Crippen LogP contribution in [0.15, 0.2) is 0 Å². The Hall–Kier alpha value is -5.47. The lowest BCUT2D eigenvalue weighted by Gasteiger charge is -2.45. The summed E-state index contributed by atoms with van der Waals surface area (Å²) in [4.78, 5) is 155. The molecule has 0 aromatic carbocycles. The van der Waals surface area contributed by atoms with Gasteiger partial charge in [0, 0.05) is 71.7 Å². The molecule has 4 N–H and O–H groups in total. The fraction of sp³-hybridized carbons (Fsp3) is 0.846. The standard InChI is InChI=1S/C65H102ClF6N11O10/c1-10-38(2)54-61(92)79(7)37-53(86)82-31-27-45(82)35-77(5)50(34-42-19-23-44(24-20-42)64(67,68)69)60(91)78(6)36-51(84)74-48(26-22-41-21-25-46(47(66)33-41)65(70,71)72)59(90)83-30-15-18-49(83)57(88)76-63(28-13-14-29-63)62(93)81(9)55(43-16-11-12-17-43)58(89)73-39(3)32-52(85)80(8)40(4)56(87)75-54/h38-50,54-55H,10-37H2,1-9H3,(H,73,89)(H,74,84)(H,75,87)(H,76,88)/t38-,39+,40-,41?,42?,44?,45-,46?,47?,48-,49-,50-,54-,55-/m0/s1. The Morgan fingerprint density at radius 3 is 1.85 bits per heavy atom. The maximum absolute atomic E-state index is 15.2. The van der Waals surface area contributed by atoms with Gasteiger partial charge in [-0.3, -0.25) is 52.8 Å². The summed E-state index contributed by atoms with van der Waals surface area (Å²) in [5.74, 6) is -10.3. The maximum Gasteiger partial charge on any atom is 0.393 e. The molecule has 7 rings (SSSR count). The van der Waals surface area contributed by atoms with Gasteiger partial charge in [0.15, 0.2) is 0 Å². The summed E-state index contributed by atoms with van der Waals surface area (Å²) in [6.45, 7) is 6.30. The zero-order chi connectivity index (χ0) is 68.6. The van der Waals surface area contributed by atoms with Gasteiger partial charge in [0.1, 0.15) is 35.7 Å². The van der Waals surface area contributed by atoms with Crippen molar-refractivity contribution >= 4 is 70.7 Å². The summed E-state index contributed by atoms with van der Waals surface area (Å²) < 4.78 is 83.5. The van der Waals surface area contributed by atoms with Crippen molar-refractivity contribution in [3.05, 3.63) is 0 Å². The Bertz CT molecular complexity index is 2670. The molecule has 3 saturated heterocycles.